The van der Waals surface area contributed by atoms with Crippen LogP contribution in [0, 0.1) is 0 Å². The first-order chi connectivity index (χ1) is 17.5. The number of likely N-dealkylation sites (tertiary alicyclic amines) is 1. The van der Waals surface area contributed by atoms with E-state index in [4.69, 9.17) is 16.3 Å². The van der Waals surface area contributed by atoms with Crippen LogP contribution < -0.4 is 10.6 Å². The summed E-state index contributed by atoms with van der Waals surface area (Å²) in [4.78, 5) is 39.2. The largest absolute Gasteiger partial charge is 0.461 e. The summed E-state index contributed by atoms with van der Waals surface area (Å²) in [5.74, 6) is -0.328. The topological polar surface area (TPSA) is 112 Å². The Morgan fingerprint density at radius 1 is 1.31 bits per heavy atom. The molecule has 3 heterocycles. The number of aryl methyl sites for hydroxylation is 1. The molecular weight excluding hydrogens is 500 g/mol. The molecule has 0 radical (unpaired) electrons. The Hall–Kier alpha value is -2.53. The Balaban J connectivity index is 1.31. The number of amides is 1. The molecule has 4 rings (SSSR count). The number of halogens is 1. The number of thiazole rings is 1. The second kappa shape index (κ2) is 12.6. The number of nitrogens with zero attached hydrogens (tertiary/aromatic N) is 3. The third kappa shape index (κ3) is 6.42. The highest BCUT2D eigenvalue weighted by molar-refractivity contribution is 7.17. The Labute approximate surface area is 220 Å². The smallest absolute Gasteiger partial charge is 0.339 e. The van der Waals surface area contributed by atoms with E-state index < -0.39 is 0 Å². The minimum Gasteiger partial charge on any atom is -0.461 e. The number of benzene rings is 1. The van der Waals surface area contributed by atoms with Crippen molar-refractivity contribution >= 4 is 45.0 Å². The van der Waals surface area contributed by atoms with Gasteiger partial charge in [-0.15, -0.1) is 11.3 Å². The van der Waals surface area contributed by atoms with Crippen LogP contribution in [0.4, 0.5) is 0 Å². The maximum absolute atomic E-state index is 12.8. The standard InChI is InChI=1S/C25H33ClN6O3S/c1-3-5-10-27-20-14-32(11-9-18(20)30-24(33)23-29-17(4-2)22(26)31-23)12-13-35-25(34)16-7-6-8-19-21(16)36-15-28-19/h6-8,15,18,20,27H,3-5,9-14H2,1-2H3,(H,29,31)(H,30,33). The van der Waals surface area contributed by atoms with Crippen LogP contribution in [0.2, 0.25) is 5.15 Å². The van der Waals surface area contributed by atoms with Crippen LogP contribution in [0.5, 0.6) is 0 Å². The number of nitrogens with one attached hydrogen (secondary N) is 3. The van der Waals surface area contributed by atoms with E-state index >= 15 is 0 Å². The maximum Gasteiger partial charge on any atom is 0.339 e. The van der Waals surface area contributed by atoms with E-state index in [1.165, 1.54) is 11.3 Å². The van der Waals surface area contributed by atoms with E-state index in [2.05, 4.69) is 37.4 Å². The molecule has 194 valence electrons. The van der Waals surface area contributed by atoms with Crippen LogP contribution in [0.25, 0.3) is 10.2 Å². The van der Waals surface area contributed by atoms with Crippen molar-refractivity contribution in [2.45, 2.75) is 51.6 Å². The third-order valence-corrected chi connectivity index (χ3v) is 7.65. The second-order valence-electron chi connectivity index (χ2n) is 8.93. The lowest BCUT2D eigenvalue weighted by molar-refractivity contribution is 0.0431. The molecule has 1 aliphatic rings. The van der Waals surface area contributed by atoms with Crippen molar-refractivity contribution in [1.82, 2.24) is 30.5 Å². The zero-order valence-electron chi connectivity index (χ0n) is 20.7. The molecule has 36 heavy (non-hydrogen) atoms. The molecule has 3 aromatic rings. The number of H-pyrrole nitrogens is 1. The lowest BCUT2D eigenvalue weighted by atomic mass is 9.98. The fraction of sp³-hybridized carbons (Fsp3) is 0.520. The summed E-state index contributed by atoms with van der Waals surface area (Å²) in [6.07, 6.45) is 3.61. The third-order valence-electron chi connectivity index (χ3n) is 6.46. The van der Waals surface area contributed by atoms with Gasteiger partial charge in [-0.05, 0) is 37.9 Å². The van der Waals surface area contributed by atoms with Gasteiger partial charge in [-0.3, -0.25) is 9.69 Å². The maximum atomic E-state index is 12.8. The van der Waals surface area contributed by atoms with Crippen molar-refractivity contribution in [3.63, 3.8) is 0 Å². The van der Waals surface area contributed by atoms with Gasteiger partial charge in [0.1, 0.15) is 6.61 Å². The molecule has 1 aliphatic heterocycles. The molecule has 0 bridgehead atoms. The molecule has 1 fully saturated rings. The van der Waals surface area contributed by atoms with Crippen LogP contribution >= 0.6 is 22.9 Å². The van der Waals surface area contributed by atoms with Crippen molar-refractivity contribution < 1.29 is 14.3 Å². The number of aromatic nitrogens is 3. The van der Waals surface area contributed by atoms with Gasteiger partial charge in [0.25, 0.3) is 5.91 Å². The average molecular weight is 533 g/mol. The molecule has 11 heteroatoms. The Kier molecular flexibility index (Phi) is 9.30. The molecule has 2 atom stereocenters. The van der Waals surface area contributed by atoms with Crippen molar-refractivity contribution in [1.29, 1.82) is 0 Å². The number of aromatic amines is 1. The molecule has 1 saturated heterocycles. The summed E-state index contributed by atoms with van der Waals surface area (Å²) in [6, 6.07) is 5.53. The number of piperidine rings is 1. The van der Waals surface area contributed by atoms with Gasteiger partial charge < -0.3 is 20.4 Å². The van der Waals surface area contributed by atoms with Gasteiger partial charge in [0.2, 0.25) is 0 Å². The van der Waals surface area contributed by atoms with Gasteiger partial charge in [0, 0.05) is 31.7 Å². The molecular formula is C25H33ClN6O3S. The molecule has 0 aliphatic carbocycles. The van der Waals surface area contributed by atoms with Crippen molar-refractivity contribution in [3.05, 3.63) is 45.9 Å². The predicted octanol–water partition coefficient (Wildman–Crippen LogP) is 3.65. The molecule has 2 aromatic heterocycles. The molecule has 1 amide bonds. The molecule has 2 unspecified atom stereocenters. The van der Waals surface area contributed by atoms with E-state index in [1.54, 1.807) is 11.6 Å². The van der Waals surface area contributed by atoms with Crippen LogP contribution in [0.15, 0.2) is 23.7 Å². The van der Waals surface area contributed by atoms with Crippen LogP contribution in [0.1, 0.15) is 59.8 Å². The summed E-state index contributed by atoms with van der Waals surface area (Å²) in [6.45, 7) is 7.46. The number of carbonyl (C=O) groups is 2. The number of unbranched alkanes of at least 4 members (excludes halogenated alkanes) is 1. The van der Waals surface area contributed by atoms with Gasteiger partial charge in [-0.1, -0.05) is 37.9 Å². The lowest BCUT2D eigenvalue weighted by Gasteiger charge is -2.39. The van der Waals surface area contributed by atoms with Gasteiger partial charge in [0.05, 0.1) is 27.0 Å². The van der Waals surface area contributed by atoms with Gasteiger partial charge in [0.15, 0.2) is 11.0 Å². The second-order valence-corrected chi connectivity index (χ2v) is 10.1. The Morgan fingerprint density at radius 2 is 2.17 bits per heavy atom. The van der Waals surface area contributed by atoms with Crippen molar-refractivity contribution in [2.24, 2.45) is 0 Å². The Bertz CT molecular complexity index is 1180. The first-order valence-electron chi connectivity index (χ1n) is 12.5. The number of esters is 1. The first-order valence-corrected chi connectivity index (χ1v) is 13.8. The van der Waals surface area contributed by atoms with Crippen molar-refractivity contribution in [2.75, 3.05) is 32.8 Å². The van der Waals surface area contributed by atoms with E-state index in [0.717, 1.165) is 54.8 Å². The minimum absolute atomic E-state index is 0.0361. The number of imidazole rings is 1. The van der Waals surface area contributed by atoms with Gasteiger partial charge in [-0.25, -0.2) is 14.8 Å². The van der Waals surface area contributed by atoms with Gasteiger partial charge in [-0.2, -0.15) is 0 Å². The number of hydrogen-bond acceptors (Lipinski definition) is 8. The highest BCUT2D eigenvalue weighted by atomic mass is 35.5. The Morgan fingerprint density at radius 3 is 2.94 bits per heavy atom. The average Bonchev–Trinajstić information content (AvgIpc) is 3.51. The fourth-order valence-corrected chi connectivity index (χ4v) is 5.48. The quantitative estimate of drug-likeness (QED) is 0.255. The molecule has 1 aromatic carbocycles. The fourth-order valence-electron chi connectivity index (χ4n) is 4.43. The summed E-state index contributed by atoms with van der Waals surface area (Å²) in [5.41, 5.74) is 3.86. The number of hydrogen-bond donors (Lipinski definition) is 3. The highest BCUT2D eigenvalue weighted by Crippen LogP contribution is 2.23. The van der Waals surface area contributed by atoms with E-state index in [-0.39, 0.29) is 29.8 Å². The van der Waals surface area contributed by atoms with Crippen molar-refractivity contribution in [3.8, 4) is 0 Å². The zero-order valence-corrected chi connectivity index (χ0v) is 22.3. The number of carbonyl (C=O) groups excluding carboxylic acids is 2. The van der Waals surface area contributed by atoms with E-state index in [0.29, 0.717) is 30.3 Å². The minimum atomic E-state index is -0.326. The lowest BCUT2D eigenvalue weighted by Crippen LogP contribution is -2.60. The van der Waals surface area contributed by atoms with Crippen LogP contribution in [-0.4, -0.2) is 76.6 Å². The molecule has 9 nitrogen and oxygen atoms in total. The summed E-state index contributed by atoms with van der Waals surface area (Å²) in [7, 11) is 0. The molecule has 0 spiro atoms. The van der Waals surface area contributed by atoms with Crippen LogP contribution in [0.3, 0.4) is 0 Å². The highest BCUT2D eigenvalue weighted by Gasteiger charge is 2.31. The molecule has 3 N–H and O–H groups in total. The number of ether oxygens (including phenoxy) is 1. The summed E-state index contributed by atoms with van der Waals surface area (Å²) < 4.78 is 6.45. The normalized spacial score (nSPS) is 18.4. The van der Waals surface area contributed by atoms with E-state index in [9.17, 15) is 9.59 Å². The first kappa shape index (κ1) is 26.5. The number of fused-ring (bicyclic) bond motifs is 1. The van der Waals surface area contributed by atoms with Gasteiger partial charge >= 0.3 is 5.97 Å². The summed E-state index contributed by atoms with van der Waals surface area (Å²) in [5, 5.41) is 7.08. The SMILES string of the molecule is CCCCNC1CN(CCOC(=O)c2cccc3ncsc23)CCC1NC(=O)c1nc(Cl)c(CC)[nH]1. The number of rotatable bonds is 11. The predicted molar refractivity (Wildman–Crippen MR) is 142 cm³/mol. The summed E-state index contributed by atoms with van der Waals surface area (Å²) >= 11 is 7.56. The zero-order chi connectivity index (χ0) is 25.5. The van der Waals surface area contributed by atoms with Crippen LogP contribution in [-0.2, 0) is 11.2 Å². The molecule has 0 saturated carbocycles. The van der Waals surface area contributed by atoms with E-state index in [1.807, 2.05) is 19.1 Å². The monoisotopic (exact) mass is 532 g/mol.